The SMILES string of the molecule is CC(C)=O.CCC(C)=O.COc1ccccc1. The molecule has 1 aromatic carbocycles. The molecule has 0 unspecified atom stereocenters. The van der Waals surface area contributed by atoms with Gasteiger partial charge in [0.1, 0.15) is 17.3 Å². The van der Waals surface area contributed by atoms with E-state index < -0.39 is 0 Å². The van der Waals surface area contributed by atoms with Crippen molar-refractivity contribution in [3.05, 3.63) is 30.3 Å². The summed E-state index contributed by atoms with van der Waals surface area (Å²) in [7, 11) is 1.66. The van der Waals surface area contributed by atoms with Crippen LogP contribution in [0.5, 0.6) is 5.75 Å². The molecule has 0 bridgehead atoms. The second kappa shape index (κ2) is 12.4. The Morgan fingerprint density at radius 2 is 1.41 bits per heavy atom. The summed E-state index contributed by atoms with van der Waals surface area (Å²) in [5.41, 5.74) is 0. The van der Waals surface area contributed by atoms with Gasteiger partial charge in [-0.1, -0.05) is 25.1 Å². The third kappa shape index (κ3) is 20.4. The molecular formula is C14H22O3. The molecule has 17 heavy (non-hydrogen) atoms. The van der Waals surface area contributed by atoms with Crippen LogP contribution < -0.4 is 4.74 Å². The van der Waals surface area contributed by atoms with Crippen molar-refractivity contribution in [1.29, 1.82) is 0 Å². The minimum absolute atomic E-state index is 0.167. The molecule has 0 aliphatic rings. The fourth-order valence-corrected chi connectivity index (χ4v) is 0.557. The molecule has 1 aromatic rings. The molecule has 0 radical (unpaired) electrons. The molecule has 0 spiro atoms. The van der Waals surface area contributed by atoms with Gasteiger partial charge in [0.2, 0.25) is 0 Å². The molecule has 0 aliphatic heterocycles. The van der Waals surface area contributed by atoms with E-state index >= 15 is 0 Å². The number of hydrogen-bond acceptors (Lipinski definition) is 3. The fraction of sp³-hybridized carbons (Fsp3) is 0.429. The van der Waals surface area contributed by atoms with Crippen molar-refractivity contribution < 1.29 is 14.3 Å². The van der Waals surface area contributed by atoms with E-state index in [9.17, 15) is 9.59 Å². The van der Waals surface area contributed by atoms with Crippen LogP contribution in [0, 0.1) is 0 Å². The topological polar surface area (TPSA) is 43.4 Å². The van der Waals surface area contributed by atoms with E-state index in [0.717, 1.165) is 5.75 Å². The van der Waals surface area contributed by atoms with E-state index in [1.165, 1.54) is 13.8 Å². The molecule has 0 atom stereocenters. The quantitative estimate of drug-likeness (QED) is 0.794. The molecule has 0 heterocycles. The van der Waals surface area contributed by atoms with Crippen LogP contribution in [-0.2, 0) is 9.59 Å². The molecular weight excluding hydrogens is 216 g/mol. The lowest BCUT2D eigenvalue weighted by molar-refractivity contribution is -0.117. The number of hydrogen-bond donors (Lipinski definition) is 0. The van der Waals surface area contributed by atoms with Gasteiger partial charge in [-0.05, 0) is 32.9 Å². The van der Waals surface area contributed by atoms with Crippen LogP contribution in [0.3, 0.4) is 0 Å². The summed E-state index contributed by atoms with van der Waals surface area (Å²) in [5, 5.41) is 0. The Hall–Kier alpha value is -1.64. The first-order chi connectivity index (χ1) is 7.93. The largest absolute Gasteiger partial charge is 0.497 e. The Morgan fingerprint density at radius 3 is 1.59 bits per heavy atom. The summed E-state index contributed by atoms with van der Waals surface area (Å²) in [6.07, 6.45) is 0.667. The first kappa shape index (κ1) is 17.7. The third-order valence-corrected chi connectivity index (χ3v) is 1.48. The van der Waals surface area contributed by atoms with E-state index in [-0.39, 0.29) is 11.6 Å². The molecule has 0 fully saturated rings. The molecule has 0 aliphatic carbocycles. The Bertz CT molecular complexity index is 301. The summed E-state index contributed by atoms with van der Waals surface area (Å²) in [5.74, 6) is 1.33. The van der Waals surface area contributed by atoms with Gasteiger partial charge in [0, 0.05) is 6.42 Å². The number of Topliss-reactive ketones (excluding diaryl/α,β-unsaturated/α-hetero) is 2. The maximum atomic E-state index is 9.81. The van der Waals surface area contributed by atoms with E-state index in [1.54, 1.807) is 14.0 Å². The second-order valence-corrected chi connectivity index (χ2v) is 3.48. The van der Waals surface area contributed by atoms with Gasteiger partial charge in [0.15, 0.2) is 0 Å². The van der Waals surface area contributed by atoms with E-state index in [4.69, 9.17) is 4.74 Å². The zero-order valence-electron chi connectivity index (χ0n) is 11.3. The van der Waals surface area contributed by atoms with Gasteiger partial charge in [0.05, 0.1) is 7.11 Å². The Balaban J connectivity index is 0. The highest BCUT2D eigenvalue weighted by atomic mass is 16.5. The summed E-state index contributed by atoms with van der Waals surface area (Å²) in [4.78, 5) is 19.3. The highest BCUT2D eigenvalue weighted by Gasteiger charge is 1.80. The Morgan fingerprint density at radius 1 is 1.06 bits per heavy atom. The first-order valence-corrected chi connectivity index (χ1v) is 5.49. The van der Waals surface area contributed by atoms with Gasteiger partial charge in [-0.2, -0.15) is 0 Å². The van der Waals surface area contributed by atoms with Crippen LogP contribution in [0.4, 0.5) is 0 Å². The summed E-state index contributed by atoms with van der Waals surface area (Å²) < 4.78 is 4.91. The predicted octanol–water partition coefficient (Wildman–Crippen LogP) is 3.28. The average Bonchev–Trinajstić information content (AvgIpc) is 2.30. The lowest BCUT2D eigenvalue weighted by Crippen LogP contribution is -1.80. The maximum absolute atomic E-state index is 9.81. The molecule has 3 nitrogen and oxygen atoms in total. The van der Waals surface area contributed by atoms with Gasteiger partial charge in [-0.15, -0.1) is 0 Å². The van der Waals surface area contributed by atoms with Crippen LogP contribution in [0.25, 0.3) is 0 Å². The average molecular weight is 238 g/mol. The van der Waals surface area contributed by atoms with E-state index in [0.29, 0.717) is 6.42 Å². The van der Waals surface area contributed by atoms with Crippen LogP contribution >= 0.6 is 0 Å². The van der Waals surface area contributed by atoms with Gasteiger partial charge in [-0.25, -0.2) is 0 Å². The number of para-hydroxylation sites is 1. The van der Waals surface area contributed by atoms with Crippen molar-refractivity contribution >= 4 is 11.6 Å². The van der Waals surface area contributed by atoms with Crippen molar-refractivity contribution in [3.8, 4) is 5.75 Å². The smallest absolute Gasteiger partial charge is 0.129 e. The zero-order chi connectivity index (χ0) is 13.7. The third-order valence-electron chi connectivity index (χ3n) is 1.48. The molecule has 0 saturated heterocycles. The van der Waals surface area contributed by atoms with Gasteiger partial charge in [0.25, 0.3) is 0 Å². The monoisotopic (exact) mass is 238 g/mol. The van der Waals surface area contributed by atoms with Crippen LogP contribution in [-0.4, -0.2) is 18.7 Å². The predicted molar refractivity (Wildman–Crippen MR) is 70.3 cm³/mol. The number of benzene rings is 1. The Labute approximate surface area is 104 Å². The van der Waals surface area contributed by atoms with E-state index in [2.05, 4.69) is 0 Å². The fourth-order valence-electron chi connectivity index (χ4n) is 0.557. The maximum Gasteiger partial charge on any atom is 0.129 e. The van der Waals surface area contributed by atoms with Crippen molar-refractivity contribution in [3.63, 3.8) is 0 Å². The number of ether oxygens (including phenoxy) is 1. The number of methoxy groups -OCH3 is 1. The summed E-state index contributed by atoms with van der Waals surface area (Å²) in [6.45, 7) is 6.49. The normalized spacial score (nSPS) is 7.82. The van der Waals surface area contributed by atoms with Crippen molar-refractivity contribution in [2.75, 3.05) is 7.11 Å². The summed E-state index contributed by atoms with van der Waals surface area (Å²) in [6, 6.07) is 9.68. The van der Waals surface area contributed by atoms with Crippen molar-refractivity contribution in [2.24, 2.45) is 0 Å². The minimum atomic E-state index is 0.167. The van der Waals surface area contributed by atoms with Crippen LogP contribution in [0.1, 0.15) is 34.1 Å². The second-order valence-electron chi connectivity index (χ2n) is 3.48. The zero-order valence-corrected chi connectivity index (χ0v) is 11.3. The van der Waals surface area contributed by atoms with Crippen LogP contribution in [0.15, 0.2) is 30.3 Å². The first-order valence-electron chi connectivity index (χ1n) is 5.49. The lowest BCUT2D eigenvalue weighted by Gasteiger charge is -1.93. The highest BCUT2D eigenvalue weighted by molar-refractivity contribution is 5.74. The lowest BCUT2D eigenvalue weighted by atomic mass is 10.3. The van der Waals surface area contributed by atoms with Crippen molar-refractivity contribution in [2.45, 2.75) is 34.1 Å². The molecule has 1 rings (SSSR count). The van der Waals surface area contributed by atoms with Gasteiger partial charge >= 0.3 is 0 Å². The standard InChI is InChI=1S/C7H8O.C4H8O.C3H6O/c1-8-7-5-3-2-4-6-7;1-3-4(2)5;1-3(2)4/h2-6H,1H3;3H2,1-2H3;1-2H3. The van der Waals surface area contributed by atoms with Gasteiger partial charge < -0.3 is 14.3 Å². The number of carbonyl (C=O) groups is 2. The molecule has 0 N–H and O–H groups in total. The Kier molecular flexibility index (Phi) is 13.0. The molecule has 3 heteroatoms. The number of carbonyl (C=O) groups excluding carboxylic acids is 2. The summed E-state index contributed by atoms with van der Waals surface area (Å²) >= 11 is 0. The molecule has 0 aromatic heterocycles. The van der Waals surface area contributed by atoms with Crippen molar-refractivity contribution in [1.82, 2.24) is 0 Å². The van der Waals surface area contributed by atoms with Crippen LogP contribution in [0.2, 0.25) is 0 Å². The molecule has 0 amide bonds. The highest BCUT2D eigenvalue weighted by Crippen LogP contribution is 2.05. The minimum Gasteiger partial charge on any atom is -0.497 e. The molecule has 0 saturated carbocycles. The molecule has 96 valence electrons. The number of ketones is 2. The number of rotatable bonds is 2. The van der Waals surface area contributed by atoms with Gasteiger partial charge in [-0.3, -0.25) is 0 Å². The van der Waals surface area contributed by atoms with E-state index in [1.807, 2.05) is 37.3 Å².